The number of aromatic nitrogens is 1. The third-order valence-electron chi connectivity index (χ3n) is 2.96. The molecule has 1 unspecified atom stereocenters. The summed E-state index contributed by atoms with van der Waals surface area (Å²) in [5.41, 5.74) is 1.31. The monoisotopic (exact) mass is 276 g/mol. The molecular formula is C14H16N2O2S. The van der Waals surface area contributed by atoms with Crippen molar-refractivity contribution < 1.29 is 14.8 Å². The van der Waals surface area contributed by atoms with Gasteiger partial charge in [-0.3, -0.25) is 0 Å². The maximum absolute atomic E-state index is 10.7. The highest BCUT2D eigenvalue weighted by molar-refractivity contribution is 7.09. The maximum atomic E-state index is 10.7. The van der Waals surface area contributed by atoms with Gasteiger partial charge < -0.3 is 14.8 Å². The van der Waals surface area contributed by atoms with E-state index in [1.54, 1.807) is 5.38 Å². The van der Waals surface area contributed by atoms with E-state index in [-0.39, 0.29) is 5.69 Å². The average Bonchev–Trinajstić information content (AvgIpc) is 2.88. The normalized spacial score (nSPS) is 12.3. The number of carbonyl (C=O) groups is 1. The summed E-state index contributed by atoms with van der Waals surface area (Å²) in [6, 6.07) is 10.3. The van der Waals surface area contributed by atoms with E-state index < -0.39 is 5.97 Å². The summed E-state index contributed by atoms with van der Waals surface area (Å²) < 4.78 is 0. The number of nitrogens with one attached hydrogen (secondary N) is 1. The van der Waals surface area contributed by atoms with Crippen molar-refractivity contribution in [2.75, 3.05) is 6.54 Å². The molecule has 19 heavy (non-hydrogen) atoms. The Morgan fingerprint density at radius 3 is 2.63 bits per heavy atom. The Balaban J connectivity index is 2.00. The molecule has 0 aliphatic carbocycles. The van der Waals surface area contributed by atoms with E-state index in [9.17, 15) is 9.90 Å². The van der Waals surface area contributed by atoms with Crippen molar-refractivity contribution in [2.45, 2.75) is 20.0 Å². The van der Waals surface area contributed by atoms with E-state index >= 15 is 0 Å². The van der Waals surface area contributed by atoms with E-state index in [0.717, 1.165) is 24.6 Å². The van der Waals surface area contributed by atoms with Gasteiger partial charge in [-0.1, -0.05) is 30.3 Å². The van der Waals surface area contributed by atoms with Crippen LogP contribution in [0.25, 0.3) is 0 Å². The Hall–Kier alpha value is -1.72. The van der Waals surface area contributed by atoms with Crippen LogP contribution in [-0.2, 0) is 13.1 Å². The Morgan fingerprint density at radius 1 is 1.32 bits per heavy atom. The molecule has 0 aliphatic rings. The zero-order chi connectivity index (χ0) is 13.7. The topological polar surface area (TPSA) is 57.5 Å². The predicted octanol–water partition coefficient (Wildman–Crippen LogP) is 0.112. The summed E-state index contributed by atoms with van der Waals surface area (Å²) in [5, 5.41) is 13.1. The van der Waals surface area contributed by atoms with E-state index in [0.29, 0.717) is 0 Å². The van der Waals surface area contributed by atoms with Crippen molar-refractivity contribution in [1.82, 2.24) is 4.98 Å². The first-order chi connectivity index (χ1) is 9.19. The van der Waals surface area contributed by atoms with Crippen LogP contribution < -0.4 is 10.0 Å². The minimum Gasteiger partial charge on any atom is -0.543 e. The molecule has 1 heterocycles. The smallest absolute Gasteiger partial charge is 0.148 e. The molecule has 1 aromatic carbocycles. The molecule has 0 fully saturated rings. The number of benzene rings is 1. The first kappa shape index (κ1) is 13.7. The lowest BCUT2D eigenvalue weighted by molar-refractivity contribution is -0.925. The molecule has 1 N–H and O–H groups in total. The lowest BCUT2D eigenvalue weighted by Crippen LogP contribution is -3.09. The SMILES string of the molecule is CC[NH+](Cc1ccccc1)Cc1nc(C(=O)[O-])cs1. The van der Waals surface area contributed by atoms with Gasteiger partial charge >= 0.3 is 0 Å². The molecule has 0 radical (unpaired) electrons. The molecule has 2 rings (SSSR count). The standard InChI is InChI=1S/C14H16N2O2S/c1-2-16(8-11-6-4-3-5-7-11)9-13-15-12(10-19-13)14(17)18/h3-7,10H,2,8-9H2,1H3,(H,17,18). The lowest BCUT2D eigenvalue weighted by Gasteiger charge is -2.16. The van der Waals surface area contributed by atoms with Crippen LogP contribution in [0.5, 0.6) is 0 Å². The highest BCUT2D eigenvalue weighted by Gasteiger charge is 2.11. The van der Waals surface area contributed by atoms with Gasteiger partial charge in [-0.15, -0.1) is 11.3 Å². The second-order valence-electron chi connectivity index (χ2n) is 4.36. The Labute approximate surface area is 116 Å². The van der Waals surface area contributed by atoms with Gasteiger partial charge in [0.05, 0.1) is 18.2 Å². The molecule has 1 aromatic heterocycles. The van der Waals surface area contributed by atoms with Gasteiger partial charge in [0.2, 0.25) is 0 Å². The number of carboxylic acid groups (broad SMARTS) is 1. The fourth-order valence-corrected chi connectivity index (χ4v) is 2.73. The molecule has 0 aliphatic heterocycles. The second kappa shape index (κ2) is 6.45. The lowest BCUT2D eigenvalue weighted by atomic mass is 10.2. The summed E-state index contributed by atoms with van der Waals surface area (Å²) >= 11 is 1.38. The van der Waals surface area contributed by atoms with Gasteiger partial charge in [-0.05, 0) is 6.92 Å². The van der Waals surface area contributed by atoms with Crippen LogP contribution in [0.15, 0.2) is 35.7 Å². The van der Waals surface area contributed by atoms with E-state index in [2.05, 4.69) is 24.0 Å². The minimum atomic E-state index is -1.20. The first-order valence-corrected chi connectivity index (χ1v) is 7.10. The quantitative estimate of drug-likeness (QED) is 0.815. The number of quaternary nitrogens is 1. The van der Waals surface area contributed by atoms with Gasteiger partial charge in [0.15, 0.2) is 0 Å². The van der Waals surface area contributed by atoms with Gasteiger partial charge in [0, 0.05) is 10.9 Å². The van der Waals surface area contributed by atoms with Crippen LogP contribution in [0, 0.1) is 0 Å². The van der Waals surface area contributed by atoms with E-state index in [1.165, 1.54) is 21.8 Å². The fourth-order valence-electron chi connectivity index (χ4n) is 1.90. The maximum Gasteiger partial charge on any atom is 0.148 e. The highest BCUT2D eigenvalue weighted by atomic mass is 32.1. The zero-order valence-electron chi connectivity index (χ0n) is 10.8. The van der Waals surface area contributed by atoms with Crippen LogP contribution in [-0.4, -0.2) is 17.5 Å². The third-order valence-corrected chi connectivity index (χ3v) is 3.81. The van der Waals surface area contributed by atoms with Gasteiger partial charge in [-0.2, -0.15) is 0 Å². The van der Waals surface area contributed by atoms with Crippen LogP contribution >= 0.6 is 11.3 Å². The van der Waals surface area contributed by atoms with E-state index in [1.807, 2.05) is 18.2 Å². The molecule has 0 amide bonds. The van der Waals surface area contributed by atoms with Crippen LogP contribution in [0.1, 0.15) is 28.0 Å². The van der Waals surface area contributed by atoms with Crippen molar-refractivity contribution in [2.24, 2.45) is 0 Å². The van der Waals surface area contributed by atoms with Crippen molar-refractivity contribution in [3.8, 4) is 0 Å². The number of aromatic carboxylic acids is 1. The molecule has 2 aromatic rings. The van der Waals surface area contributed by atoms with Gasteiger partial charge in [0.1, 0.15) is 18.1 Å². The molecule has 100 valence electrons. The predicted molar refractivity (Wildman–Crippen MR) is 71.8 cm³/mol. The molecule has 0 saturated carbocycles. The number of thiazole rings is 1. The first-order valence-electron chi connectivity index (χ1n) is 6.22. The summed E-state index contributed by atoms with van der Waals surface area (Å²) in [4.78, 5) is 16.1. The molecular weight excluding hydrogens is 260 g/mol. The third kappa shape index (κ3) is 3.87. The number of rotatable bonds is 6. The van der Waals surface area contributed by atoms with Crippen molar-refractivity contribution in [3.63, 3.8) is 0 Å². The average molecular weight is 276 g/mol. The molecule has 5 heteroatoms. The number of carboxylic acids is 1. The van der Waals surface area contributed by atoms with Gasteiger partial charge in [0.25, 0.3) is 0 Å². The second-order valence-corrected chi connectivity index (χ2v) is 5.30. The van der Waals surface area contributed by atoms with Crippen molar-refractivity contribution in [1.29, 1.82) is 0 Å². The summed E-state index contributed by atoms with van der Waals surface area (Å²) in [6.07, 6.45) is 0. The molecule has 1 atom stereocenters. The fraction of sp³-hybridized carbons (Fsp3) is 0.286. The van der Waals surface area contributed by atoms with Crippen molar-refractivity contribution in [3.05, 3.63) is 52.0 Å². The molecule has 0 saturated heterocycles. The molecule has 0 spiro atoms. The largest absolute Gasteiger partial charge is 0.543 e. The number of carbonyl (C=O) groups excluding carboxylic acids is 1. The van der Waals surface area contributed by atoms with Crippen LogP contribution in [0.3, 0.4) is 0 Å². The minimum absolute atomic E-state index is 0.0372. The zero-order valence-corrected chi connectivity index (χ0v) is 11.6. The molecule has 0 bridgehead atoms. The van der Waals surface area contributed by atoms with Crippen molar-refractivity contribution >= 4 is 17.3 Å². The Bertz CT molecular complexity index is 539. The Kier molecular flexibility index (Phi) is 4.65. The summed E-state index contributed by atoms with van der Waals surface area (Å²) in [6.45, 7) is 4.74. The molecule has 4 nitrogen and oxygen atoms in total. The van der Waals surface area contributed by atoms with Crippen LogP contribution in [0.2, 0.25) is 0 Å². The van der Waals surface area contributed by atoms with E-state index in [4.69, 9.17) is 0 Å². The summed E-state index contributed by atoms with van der Waals surface area (Å²) in [7, 11) is 0. The number of nitrogens with zero attached hydrogens (tertiary/aromatic N) is 1. The summed E-state index contributed by atoms with van der Waals surface area (Å²) in [5.74, 6) is -1.20. The Morgan fingerprint density at radius 2 is 2.05 bits per heavy atom. The highest BCUT2D eigenvalue weighted by Crippen LogP contribution is 2.07. The number of hydrogen-bond donors (Lipinski definition) is 1. The van der Waals surface area contributed by atoms with Crippen LogP contribution in [0.4, 0.5) is 0 Å². The number of hydrogen-bond acceptors (Lipinski definition) is 4. The van der Waals surface area contributed by atoms with Gasteiger partial charge in [-0.25, -0.2) is 4.98 Å².